The number of aliphatic hydroxyl groups excluding tert-OH is 1. The zero-order valence-corrected chi connectivity index (χ0v) is 22.2. The maximum absolute atomic E-state index is 12.9. The predicted molar refractivity (Wildman–Crippen MR) is 139 cm³/mol. The van der Waals surface area contributed by atoms with Crippen molar-refractivity contribution in [2.75, 3.05) is 45.5 Å². The van der Waals surface area contributed by atoms with Crippen molar-refractivity contribution in [3.63, 3.8) is 0 Å². The Labute approximate surface area is 221 Å². The number of aliphatic hydroxyl groups is 1. The van der Waals surface area contributed by atoms with Gasteiger partial charge in [0, 0.05) is 44.3 Å². The molecule has 2 heterocycles. The molecule has 4 rings (SSSR count). The maximum atomic E-state index is 12.9. The molecule has 200 valence electrons. The van der Waals surface area contributed by atoms with Gasteiger partial charge in [0.2, 0.25) is 5.91 Å². The highest BCUT2D eigenvalue weighted by Gasteiger charge is 2.36. The summed E-state index contributed by atoms with van der Waals surface area (Å²) in [6.07, 6.45) is 0.0816. The van der Waals surface area contributed by atoms with E-state index >= 15 is 0 Å². The molecule has 0 spiro atoms. The number of carbonyl (C=O) groups excluding carboxylic acids is 3. The fourth-order valence-corrected chi connectivity index (χ4v) is 6.43. The highest BCUT2D eigenvalue weighted by molar-refractivity contribution is 7.91. The summed E-state index contributed by atoms with van der Waals surface area (Å²) in [7, 11) is -2.39. The lowest BCUT2D eigenvalue weighted by Crippen LogP contribution is -2.58. The maximum Gasteiger partial charge on any atom is 0.320 e. The van der Waals surface area contributed by atoms with Crippen LogP contribution >= 0.6 is 11.6 Å². The Kier molecular flexibility index (Phi) is 8.25. The molecular formula is C25H31ClN4O6S. The number of hydrogen-bond donors (Lipinski definition) is 2. The molecule has 1 atom stereocenters. The standard InChI is InChI=1S/C25H31ClN4O6S/c1-27-23(32)15-29-9-2-10-30(25(29)34)20-7-11-28(12-8-20)24(33)22(31)16-37(35,36)21-6-4-17-13-19(26)5-3-18(17)14-21/h3-6,13-14,20,22,31H,2,7-12,15-16H2,1H3,(H,27,32)/t22-/m1/s1. The van der Waals surface area contributed by atoms with E-state index in [4.69, 9.17) is 11.6 Å². The van der Waals surface area contributed by atoms with Crippen LogP contribution in [0.15, 0.2) is 41.3 Å². The topological polar surface area (TPSA) is 127 Å². The Morgan fingerprint density at radius 1 is 1.08 bits per heavy atom. The lowest BCUT2D eigenvalue weighted by Gasteiger charge is -2.43. The van der Waals surface area contributed by atoms with Crippen molar-refractivity contribution >= 4 is 50.1 Å². The SMILES string of the molecule is CNC(=O)CN1CCCN(C2CCN(C(=O)[C@H](O)CS(=O)(=O)c3ccc4cc(Cl)ccc4c3)CC2)C1=O. The minimum absolute atomic E-state index is 0.00871. The van der Waals surface area contributed by atoms with Crippen LogP contribution in [0.4, 0.5) is 4.79 Å². The summed E-state index contributed by atoms with van der Waals surface area (Å²) >= 11 is 5.99. The monoisotopic (exact) mass is 550 g/mol. The van der Waals surface area contributed by atoms with Crippen LogP contribution in [0.5, 0.6) is 0 Å². The van der Waals surface area contributed by atoms with Crippen molar-refractivity contribution in [1.29, 1.82) is 0 Å². The van der Waals surface area contributed by atoms with Gasteiger partial charge in [0.1, 0.15) is 12.6 Å². The van der Waals surface area contributed by atoms with Gasteiger partial charge in [-0.2, -0.15) is 0 Å². The third-order valence-corrected chi connectivity index (χ3v) is 8.93. The van der Waals surface area contributed by atoms with Gasteiger partial charge in [-0.3, -0.25) is 9.59 Å². The fourth-order valence-electron chi connectivity index (χ4n) is 4.91. The second kappa shape index (κ2) is 11.2. The van der Waals surface area contributed by atoms with Crippen LogP contribution in [0.3, 0.4) is 0 Å². The van der Waals surface area contributed by atoms with Gasteiger partial charge in [-0.15, -0.1) is 0 Å². The highest BCUT2D eigenvalue weighted by Crippen LogP contribution is 2.25. The number of rotatable bonds is 7. The molecule has 0 bridgehead atoms. The van der Waals surface area contributed by atoms with Crippen molar-refractivity contribution in [3.8, 4) is 0 Å². The molecule has 0 aromatic heterocycles. The van der Waals surface area contributed by atoms with Gasteiger partial charge in [0.05, 0.1) is 10.6 Å². The van der Waals surface area contributed by atoms with E-state index in [2.05, 4.69) is 5.32 Å². The third-order valence-electron chi connectivity index (χ3n) is 6.97. The summed E-state index contributed by atoms with van der Waals surface area (Å²) in [5.74, 6) is -1.59. The minimum atomic E-state index is -3.92. The zero-order valence-electron chi connectivity index (χ0n) is 20.6. The molecular weight excluding hydrogens is 520 g/mol. The number of halogens is 1. The molecule has 10 nitrogen and oxygen atoms in total. The van der Waals surface area contributed by atoms with E-state index in [0.717, 1.165) is 11.8 Å². The van der Waals surface area contributed by atoms with E-state index in [1.165, 1.54) is 29.0 Å². The van der Waals surface area contributed by atoms with Crippen molar-refractivity contribution in [2.45, 2.75) is 36.3 Å². The Morgan fingerprint density at radius 2 is 1.76 bits per heavy atom. The molecule has 0 saturated carbocycles. The number of amides is 4. The summed E-state index contributed by atoms with van der Waals surface area (Å²) in [6, 6.07) is 9.43. The van der Waals surface area contributed by atoms with E-state index in [0.29, 0.717) is 49.4 Å². The molecule has 2 aromatic rings. The van der Waals surface area contributed by atoms with Crippen LogP contribution in [0, 0.1) is 0 Å². The third kappa shape index (κ3) is 6.16. The fraction of sp³-hybridized carbons (Fsp3) is 0.480. The number of fused-ring (bicyclic) bond motifs is 1. The number of benzene rings is 2. The number of nitrogens with zero attached hydrogens (tertiary/aromatic N) is 3. The number of likely N-dealkylation sites (N-methyl/N-ethyl adjacent to an activating group) is 1. The summed E-state index contributed by atoms with van der Waals surface area (Å²) in [5.41, 5.74) is 0. The van der Waals surface area contributed by atoms with Gasteiger partial charge in [-0.1, -0.05) is 23.7 Å². The first-order chi connectivity index (χ1) is 17.6. The van der Waals surface area contributed by atoms with Crippen molar-refractivity contribution in [3.05, 3.63) is 41.4 Å². The number of urea groups is 1. The van der Waals surface area contributed by atoms with Gasteiger partial charge in [-0.25, -0.2) is 13.2 Å². The smallest absolute Gasteiger partial charge is 0.320 e. The number of likely N-dealkylation sites (tertiary alicyclic amines) is 1. The molecule has 12 heteroatoms. The molecule has 2 saturated heterocycles. The molecule has 2 N–H and O–H groups in total. The lowest BCUT2D eigenvalue weighted by molar-refractivity contribution is -0.140. The van der Waals surface area contributed by atoms with E-state index in [9.17, 15) is 27.9 Å². The van der Waals surface area contributed by atoms with Crippen molar-refractivity contribution in [2.24, 2.45) is 0 Å². The molecule has 2 aliphatic heterocycles. The van der Waals surface area contributed by atoms with Crippen LogP contribution in [0.25, 0.3) is 10.8 Å². The first-order valence-corrected chi connectivity index (χ1v) is 14.3. The van der Waals surface area contributed by atoms with Crippen molar-refractivity contribution in [1.82, 2.24) is 20.0 Å². The molecule has 0 unspecified atom stereocenters. The second-order valence-corrected chi connectivity index (χ2v) is 11.9. The first-order valence-electron chi connectivity index (χ1n) is 12.2. The minimum Gasteiger partial charge on any atom is -0.382 e. The Morgan fingerprint density at radius 3 is 2.46 bits per heavy atom. The van der Waals surface area contributed by atoms with Crippen LogP contribution in [0.1, 0.15) is 19.3 Å². The Balaban J connectivity index is 1.34. The quantitative estimate of drug-likeness (QED) is 0.538. The molecule has 2 aromatic carbocycles. The summed E-state index contributed by atoms with van der Waals surface area (Å²) in [5, 5.41) is 15.1. The molecule has 0 aliphatic carbocycles. The summed E-state index contributed by atoms with van der Waals surface area (Å²) < 4.78 is 25.9. The summed E-state index contributed by atoms with van der Waals surface area (Å²) in [4.78, 5) is 42.2. The second-order valence-electron chi connectivity index (χ2n) is 9.43. The number of sulfone groups is 1. The van der Waals surface area contributed by atoms with Crippen LogP contribution < -0.4 is 5.32 Å². The van der Waals surface area contributed by atoms with E-state index in [1.807, 2.05) is 0 Å². The van der Waals surface area contributed by atoms with Gasteiger partial charge in [-0.05, 0) is 54.3 Å². The zero-order chi connectivity index (χ0) is 26.7. The van der Waals surface area contributed by atoms with Crippen LogP contribution in [0.2, 0.25) is 5.02 Å². The van der Waals surface area contributed by atoms with E-state index < -0.39 is 27.6 Å². The van der Waals surface area contributed by atoms with Crippen molar-refractivity contribution < 1.29 is 27.9 Å². The number of carbonyl (C=O) groups is 3. The molecule has 2 fully saturated rings. The average Bonchev–Trinajstić information content (AvgIpc) is 2.88. The van der Waals surface area contributed by atoms with E-state index in [1.54, 1.807) is 29.2 Å². The van der Waals surface area contributed by atoms with Gasteiger partial charge in [0.25, 0.3) is 5.91 Å². The van der Waals surface area contributed by atoms with Gasteiger partial charge in [0.15, 0.2) is 9.84 Å². The van der Waals surface area contributed by atoms with Gasteiger partial charge < -0.3 is 25.1 Å². The average molecular weight is 551 g/mol. The predicted octanol–water partition coefficient (Wildman–Crippen LogP) is 1.49. The Bertz CT molecular complexity index is 1300. The van der Waals surface area contributed by atoms with Crippen LogP contribution in [-0.4, -0.2) is 104 Å². The molecule has 4 amide bonds. The largest absolute Gasteiger partial charge is 0.382 e. The summed E-state index contributed by atoms with van der Waals surface area (Å²) in [6.45, 7) is 1.72. The van der Waals surface area contributed by atoms with Crippen LogP contribution in [-0.2, 0) is 19.4 Å². The number of nitrogens with one attached hydrogen (secondary N) is 1. The highest BCUT2D eigenvalue weighted by atomic mass is 35.5. The lowest BCUT2D eigenvalue weighted by atomic mass is 10.0. The Hall–Kier alpha value is -2.89. The van der Waals surface area contributed by atoms with Gasteiger partial charge >= 0.3 is 6.03 Å². The molecule has 2 aliphatic rings. The molecule has 0 radical (unpaired) electrons. The normalized spacial score (nSPS) is 18.2. The van der Waals surface area contributed by atoms with E-state index in [-0.39, 0.29) is 29.4 Å². The number of hydrogen-bond acceptors (Lipinski definition) is 6. The first kappa shape index (κ1) is 27.2. The number of piperidine rings is 1. The molecule has 37 heavy (non-hydrogen) atoms.